The molecule has 1 N–H and O–H groups in total. The van der Waals surface area contributed by atoms with Gasteiger partial charge in [0.1, 0.15) is 0 Å². The predicted octanol–water partition coefficient (Wildman–Crippen LogP) is 2.64. The van der Waals surface area contributed by atoms with Crippen LogP contribution in [0.25, 0.3) is 0 Å². The maximum Gasteiger partial charge on any atom is 0.335 e. The second-order valence-corrected chi connectivity index (χ2v) is 9.33. The normalized spacial score (nSPS) is 11.4. The Bertz CT molecular complexity index is 347. The van der Waals surface area contributed by atoms with E-state index in [1.807, 2.05) is 12.1 Å². The van der Waals surface area contributed by atoms with Crippen LogP contribution in [0.3, 0.4) is 0 Å². The molecule has 1 rings (SSSR count). The van der Waals surface area contributed by atoms with Crippen molar-refractivity contribution in [2.75, 3.05) is 0 Å². The highest BCUT2D eigenvalue weighted by atomic mass is 28.3. The molecule has 88 valence electrons. The maximum atomic E-state index is 10.8. The minimum Gasteiger partial charge on any atom is -0.478 e. The quantitative estimate of drug-likeness (QED) is 0.816. The van der Waals surface area contributed by atoms with E-state index in [0.717, 1.165) is 0 Å². The smallest absolute Gasteiger partial charge is 0.335 e. The fourth-order valence-corrected chi connectivity index (χ4v) is 6.10. The molecular weight excluding hydrogens is 216 g/mol. The number of carboxylic acid groups (broad SMARTS) is 1. The van der Waals surface area contributed by atoms with E-state index in [1.165, 1.54) is 5.19 Å². The summed E-state index contributed by atoms with van der Waals surface area (Å²) in [6.07, 6.45) is 0. The number of rotatable bonds is 4. The fourth-order valence-electron chi connectivity index (χ4n) is 2.39. The molecule has 1 aromatic rings. The Balaban J connectivity index is 2.99. The molecule has 3 heteroatoms. The van der Waals surface area contributed by atoms with Crippen LogP contribution in [0, 0.1) is 0 Å². The predicted molar refractivity (Wildman–Crippen MR) is 70.4 cm³/mol. The minimum atomic E-state index is -0.984. The summed E-state index contributed by atoms with van der Waals surface area (Å²) in [5, 5.41) is 10.2. The molecule has 0 atom stereocenters. The molecule has 1 aromatic carbocycles. The van der Waals surface area contributed by atoms with Gasteiger partial charge in [-0.3, -0.25) is 0 Å². The average Bonchev–Trinajstić information content (AvgIpc) is 2.17. The SMILES string of the molecule is CC(C)[SiH](c1ccc(C(=O)O)cc1)C(C)C. The lowest BCUT2D eigenvalue weighted by Gasteiger charge is -2.23. The standard InChI is InChI=1S/C13H20O2Si/c1-9(2)16(10(3)4)12-7-5-11(6-8-12)13(14)15/h5-10,16H,1-4H3,(H,14,15). The second kappa shape index (κ2) is 5.30. The second-order valence-electron chi connectivity index (χ2n) is 4.94. The van der Waals surface area contributed by atoms with Crippen molar-refractivity contribution in [2.45, 2.75) is 38.8 Å². The van der Waals surface area contributed by atoms with Gasteiger partial charge in [-0.25, -0.2) is 4.79 Å². The number of carbonyl (C=O) groups is 1. The molecule has 0 spiro atoms. The van der Waals surface area contributed by atoms with Crippen molar-refractivity contribution in [1.29, 1.82) is 0 Å². The summed E-state index contributed by atoms with van der Waals surface area (Å²) in [5.74, 6) is -0.848. The van der Waals surface area contributed by atoms with E-state index in [2.05, 4.69) is 27.7 Å². The van der Waals surface area contributed by atoms with E-state index >= 15 is 0 Å². The Labute approximate surface area is 98.9 Å². The number of aromatic carboxylic acids is 1. The third kappa shape index (κ3) is 2.95. The van der Waals surface area contributed by atoms with Crippen molar-refractivity contribution in [2.24, 2.45) is 0 Å². The van der Waals surface area contributed by atoms with E-state index in [0.29, 0.717) is 16.6 Å². The van der Waals surface area contributed by atoms with Crippen LogP contribution in [0.15, 0.2) is 24.3 Å². The summed E-state index contributed by atoms with van der Waals surface area (Å²) < 4.78 is 0. The first-order chi connectivity index (χ1) is 7.43. The number of hydrogen-bond acceptors (Lipinski definition) is 1. The molecular formula is C13H20O2Si. The average molecular weight is 236 g/mol. The first-order valence-corrected chi connectivity index (χ1v) is 7.67. The van der Waals surface area contributed by atoms with E-state index in [-0.39, 0.29) is 0 Å². The van der Waals surface area contributed by atoms with Gasteiger partial charge in [-0.05, 0) is 23.2 Å². The Kier molecular flexibility index (Phi) is 4.30. The van der Waals surface area contributed by atoms with Crippen LogP contribution in [-0.4, -0.2) is 19.9 Å². The molecule has 0 heterocycles. The zero-order valence-electron chi connectivity index (χ0n) is 10.4. The van der Waals surface area contributed by atoms with Gasteiger partial charge in [-0.15, -0.1) is 0 Å². The van der Waals surface area contributed by atoms with Gasteiger partial charge < -0.3 is 5.11 Å². The Hall–Kier alpha value is -1.09. The fraction of sp³-hybridized carbons (Fsp3) is 0.462. The molecule has 0 amide bonds. The van der Waals surface area contributed by atoms with Gasteiger partial charge >= 0.3 is 5.97 Å². The summed E-state index contributed by atoms with van der Waals surface area (Å²) in [5.41, 5.74) is 1.79. The highest BCUT2D eigenvalue weighted by Gasteiger charge is 2.21. The van der Waals surface area contributed by atoms with Crippen LogP contribution in [0.5, 0.6) is 0 Å². The van der Waals surface area contributed by atoms with Crippen molar-refractivity contribution in [1.82, 2.24) is 0 Å². The zero-order chi connectivity index (χ0) is 12.3. The van der Waals surface area contributed by atoms with Gasteiger partial charge in [0.25, 0.3) is 0 Å². The van der Waals surface area contributed by atoms with Gasteiger partial charge in [0.2, 0.25) is 0 Å². The monoisotopic (exact) mass is 236 g/mol. The van der Waals surface area contributed by atoms with Gasteiger partial charge in [0, 0.05) is 0 Å². The molecule has 0 aliphatic heterocycles. The van der Waals surface area contributed by atoms with Crippen molar-refractivity contribution in [3.63, 3.8) is 0 Å². The topological polar surface area (TPSA) is 37.3 Å². The Morgan fingerprint density at radius 3 is 1.81 bits per heavy atom. The molecule has 2 nitrogen and oxygen atoms in total. The van der Waals surface area contributed by atoms with E-state index in [1.54, 1.807) is 12.1 Å². The lowest BCUT2D eigenvalue weighted by atomic mass is 10.2. The molecule has 0 fully saturated rings. The van der Waals surface area contributed by atoms with Gasteiger partial charge in [0.15, 0.2) is 0 Å². The van der Waals surface area contributed by atoms with Crippen LogP contribution < -0.4 is 5.19 Å². The van der Waals surface area contributed by atoms with Crippen LogP contribution in [0.4, 0.5) is 0 Å². The maximum absolute atomic E-state index is 10.8. The van der Waals surface area contributed by atoms with Gasteiger partial charge in [0.05, 0.1) is 14.4 Å². The largest absolute Gasteiger partial charge is 0.478 e. The first-order valence-electron chi connectivity index (χ1n) is 5.76. The van der Waals surface area contributed by atoms with E-state index < -0.39 is 14.8 Å². The van der Waals surface area contributed by atoms with Crippen molar-refractivity contribution in [3.05, 3.63) is 29.8 Å². The molecule has 0 aromatic heterocycles. The van der Waals surface area contributed by atoms with Crippen LogP contribution in [-0.2, 0) is 0 Å². The summed E-state index contributed by atoms with van der Waals surface area (Å²) in [6, 6.07) is 7.45. The summed E-state index contributed by atoms with van der Waals surface area (Å²) in [4.78, 5) is 10.8. The number of benzene rings is 1. The lowest BCUT2D eigenvalue weighted by molar-refractivity contribution is 0.0697. The highest BCUT2D eigenvalue weighted by molar-refractivity contribution is 6.75. The lowest BCUT2D eigenvalue weighted by Crippen LogP contribution is -2.35. The van der Waals surface area contributed by atoms with Crippen LogP contribution in [0.1, 0.15) is 38.1 Å². The molecule has 0 aliphatic carbocycles. The number of hydrogen-bond donors (Lipinski definition) is 1. The van der Waals surface area contributed by atoms with Gasteiger partial charge in [-0.1, -0.05) is 45.0 Å². The molecule has 16 heavy (non-hydrogen) atoms. The van der Waals surface area contributed by atoms with Crippen molar-refractivity contribution in [3.8, 4) is 0 Å². The third-order valence-corrected chi connectivity index (χ3v) is 7.01. The summed E-state index contributed by atoms with van der Waals surface area (Å²) in [6.45, 7) is 9.06. The summed E-state index contributed by atoms with van der Waals surface area (Å²) in [7, 11) is -0.984. The third-order valence-electron chi connectivity index (χ3n) is 2.98. The zero-order valence-corrected chi connectivity index (χ0v) is 11.6. The Morgan fingerprint density at radius 2 is 1.50 bits per heavy atom. The van der Waals surface area contributed by atoms with Gasteiger partial charge in [-0.2, -0.15) is 0 Å². The highest BCUT2D eigenvalue weighted by Crippen LogP contribution is 2.19. The van der Waals surface area contributed by atoms with Crippen LogP contribution in [0.2, 0.25) is 11.1 Å². The molecule has 0 bridgehead atoms. The summed E-state index contributed by atoms with van der Waals surface area (Å²) >= 11 is 0. The van der Waals surface area contributed by atoms with Crippen LogP contribution >= 0.6 is 0 Å². The molecule has 0 unspecified atom stereocenters. The first kappa shape index (κ1) is 13.0. The van der Waals surface area contributed by atoms with E-state index in [9.17, 15) is 4.79 Å². The number of carboxylic acids is 1. The van der Waals surface area contributed by atoms with E-state index in [4.69, 9.17) is 5.11 Å². The molecule has 0 radical (unpaired) electrons. The molecule has 0 aliphatic rings. The van der Waals surface area contributed by atoms with Crippen molar-refractivity contribution < 1.29 is 9.90 Å². The minimum absolute atomic E-state index is 0.379. The van der Waals surface area contributed by atoms with Crippen molar-refractivity contribution >= 4 is 20.0 Å². The molecule has 0 saturated carbocycles. The Morgan fingerprint density at radius 1 is 1.06 bits per heavy atom. The molecule has 0 saturated heterocycles.